The normalized spacial score (nSPS) is 14.4. The van der Waals surface area contributed by atoms with Crippen LogP contribution in [0.25, 0.3) is 11.1 Å². The van der Waals surface area contributed by atoms with E-state index in [4.69, 9.17) is 4.74 Å². The maximum atomic E-state index is 5.78. The molecule has 0 radical (unpaired) electrons. The van der Waals surface area contributed by atoms with Crippen LogP contribution >= 0.6 is 12.4 Å². The van der Waals surface area contributed by atoms with Gasteiger partial charge in [-0.15, -0.1) is 12.4 Å². The number of hydrogen-bond acceptors (Lipinski definition) is 2. The lowest BCUT2D eigenvalue weighted by atomic mass is 10.1. The van der Waals surface area contributed by atoms with Gasteiger partial charge in [-0.3, -0.25) is 0 Å². The van der Waals surface area contributed by atoms with Crippen molar-refractivity contribution >= 4 is 12.4 Å². The lowest BCUT2D eigenvalue weighted by Crippen LogP contribution is -2.50. The largest absolute Gasteiger partial charge is 0.488 e. The number of rotatable bonds is 3. The van der Waals surface area contributed by atoms with E-state index in [1.165, 1.54) is 11.1 Å². The minimum Gasteiger partial charge on any atom is -0.488 e. The molecule has 0 bridgehead atoms. The van der Waals surface area contributed by atoms with Crippen molar-refractivity contribution in [2.45, 2.75) is 6.10 Å². The number of benzene rings is 2. The summed E-state index contributed by atoms with van der Waals surface area (Å²) >= 11 is 0. The van der Waals surface area contributed by atoms with Crippen molar-refractivity contribution < 1.29 is 4.74 Å². The third-order valence-corrected chi connectivity index (χ3v) is 3.01. The third kappa shape index (κ3) is 2.84. The molecule has 0 saturated carbocycles. The summed E-state index contributed by atoms with van der Waals surface area (Å²) < 4.78 is 5.78. The van der Waals surface area contributed by atoms with Gasteiger partial charge in [0.2, 0.25) is 0 Å². The predicted molar refractivity (Wildman–Crippen MR) is 76.4 cm³/mol. The van der Waals surface area contributed by atoms with Gasteiger partial charge in [0.15, 0.2) is 0 Å². The van der Waals surface area contributed by atoms with Gasteiger partial charge in [0.25, 0.3) is 0 Å². The molecule has 2 aromatic rings. The van der Waals surface area contributed by atoms with Crippen LogP contribution in [-0.4, -0.2) is 19.2 Å². The number of ether oxygens (including phenoxy) is 1. The number of hydrogen-bond donors (Lipinski definition) is 1. The molecule has 0 spiro atoms. The molecule has 0 aromatic heterocycles. The second-order valence-corrected chi connectivity index (χ2v) is 4.29. The molecule has 2 aromatic carbocycles. The Hall–Kier alpha value is -1.51. The lowest BCUT2D eigenvalue weighted by molar-refractivity contribution is 0.142. The first kappa shape index (κ1) is 12.9. The quantitative estimate of drug-likeness (QED) is 0.917. The molecule has 1 aliphatic rings. The zero-order valence-electron chi connectivity index (χ0n) is 10.0. The Kier molecular flexibility index (Phi) is 4.24. The smallest absolute Gasteiger partial charge is 0.123 e. The fourth-order valence-electron chi connectivity index (χ4n) is 1.89. The summed E-state index contributed by atoms with van der Waals surface area (Å²) in [6, 6.07) is 18.7. The molecule has 3 rings (SSSR count). The zero-order chi connectivity index (χ0) is 11.5. The van der Waals surface area contributed by atoms with E-state index in [-0.39, 0.29) is 12.4 Å². The molecule has 1 saturated heterocycles. The Bertz CT molecular complexity index is 480. The highest BCUT2D eigenvalue weighted by Crippen LogP contribution is 2.22. The lowest BCUT2D eigenvalue weighted by Gasteiger charge is -2.27. The summed E-state index contributed by atoms with van der Waals surface area (Å²) in [5, 5.41) is 3.19. The number of nitrogens with one attached hydrogen (secondary N) is 1. The van der Waals surface area contributed by atoms with Gasteiger partial charge in [-0.2, -0.15) is 0 Å². The molecule has 1 fully saturated rings. The van der Waals surface area contributed by atoms with Gasteiger partial charge in [-0.1, -0.05) is 42.5 Å². The zero-order valence-corrected chi connectivity index (χ0v) is 10.8. The average molecular weight is 262 g/mol. The Morgan fingerprint density at radius 2 is 1.44 bits per heavy atom. The van der Waals surface area contributed by atoms with E-state index in [1.54, 1.807) is 0 Å². The minimum atomic E-state index is 0. The highest BCUT2D eigenvalue weighted by atomic mass is 35.5. The molecule has 3 heteroatoms. The number of halogens is 1. The Morgan fingerprint density at radius 3 is 2.00 bits per heavy atom. The molecule has 2 nitrogen and oxygen atoms in total. The molecule has 18 heavy (non-hydrogen) atoms. The van der Waals surface area contributed by atoms with Crippen LogP contribution in [0, 0.1) is 0 Å². The van der Waals surface area contributed by atoms with Gasteiger partial charge >= 0.3 is 0 Å². The molecule has 94 valence electrons. The van der Waals surface area contributed by atoms with E-state index in [0.717, 1.165) is 18.8 Å². The molecular weight excluding hydrogens is 246 g/mol. The van der Waals surface area contributed by atoms with Crippen LogP contribution in [0.4, 0.5) is 0 Å². The van der Waals surface area contributed by atoms with E-state index in [0.29, 0.717) is 6.10 Å². The van der Waals surface area contributed by atoms with Crippen molar-refractivity contribution in [2.24, 2.45) is 0 Å². The van der Waals surface area contributed by atoms with Crippen LogP contribution in [0.15, 0.2) is 54.6 Å². The van der Waals surface area contributed by atoms with Crippen molar-refractivity contribution in [1.82, 2.24) is 5.32 Å². The molecule has 1 N–H and O–H groups in total. The van der Waals surface area contributed by atoms with Gasteiger partial charge in [0, 0.05) is 13.1 Å². The monoisotopic (exact) mass is 261 g/mol. The second-order valence-electron chi connectivity index (χ2n) is 4.29. The first-order chi connectivity index (χ1) is 8.42. The van der Waals surface area contributed by atoms with Crippen LogP contribution < -0.4 is 10.1 Å². The summed E-state index contributed by atoms with van der Waals surface area (Å²) in [4.78, 5) is 0. The highest BCUT2D eigenvalue weighted by Gasteiger charge is 2.17. The Balaban J connectivity index is 0.00000120. The van der Waals surface area contributed by atoms with Crippen molar-refractivity contribution in [3.63, 3.8) is 0 Å². The van der Waals surface area contributed by atoms with Gasteiger partial charge in [-0.05, 0) is 23.3 Å². The van der Waals surface area contributed by atoms with Crippen molar-refractivity contribution in [3.05, 3.63) is 54.6 Å². The van der Waals surface area contributed by atoms with Crippen molar-refractivity contribution in [1.29, 1.82) is 0 Å². The second kappa shape index (κ2) is 5.89. The topological polar surface area (TPSA) is 21.3 Å². The molecule has 0 aliphatic carbocycles. The van der Waals surface area contributed by atoms with Gasteiger partial charge in [0.05, 0.1) is 0 Å². The highest BCUT2D eigenvalue weighted by molar-refractivity contribution is 5.85. The summed E-state index contributed by atoms with van der Waals surface area (Å²) in [7, 11) is 0. The molecule has 1 aliphatic heterocycles. The van der Waals surface area contributed by atoms with Crippen LogP contribution in [0.1, 0.15) is 0 Å². The first-order valence-electron chi connectivity index (χ1n) is 5.95. The van der Waals surface area contributed by atoms with Gasteiger partial charge in [0.1, 0.15) is 11.9 Å². The molecule has 1 heterocycles. The maximum Gasteiger partial charge on any atom is 0.123 e. The van der Waals surface area contributed by atoms with E-state index < -0.39 is 0 Å². The van der Waals surface area contributed by atoms with Gasteiger partial charge < -0.3 is 10.1 Å². The molecular formula is C15H16ClNO. The fraction of sp³-hybridized carbons (Fsp3) is 0.200. The minimum absolute atomic E-state index is 0. The Morgan fingerprint density at radius 1 is 0.833 bits per heavy atom. The van der Waals surface area contributed by atoms with Gasteiger partial charge in [-0.25, -0.2) is 0 Å². The predicted octanol–water partition coefficient (Wildman–Crippen LogP) is 3.13. The third-order valence-electron chi connectivity index (χ3n) is 3.01. The average Bonchev–Trinajstić information content (AvgIpc) is 2.36. The van der Waals surface area contributed by atoms with Crippen LogP contribution in [0.3, 0.4) is 0 Å². The molecule has 0 atom stereocenters. The standard InChI is InChI=1S/C15H15NO.ClH/c1-2-4-12(5-3-1)13-6-8-14(9-7-13)17-15-10-16-11-15;/h1-9,15-16H,10-11H2;1H. The first-order valence-corrected chi connectivity index (χ1v) is 5.95. The van der Waals surface area contributed by atoms with E-state index in [2.05, 4.69) is 41.7 Å². The van der Waals surface area contributed by atoms with Crippen LogP contribution in [0.2, 0.25) is 0 Å². The molecule has 0 amide bonds. The summed E-state index contributed by atoms with van der Waals surface area (Å²) in [5.41, 5.74) is 2.47. The van der Waals surface area contributed by atoms with E-state index in [9.17, 15) is 0 Å². The van der Waals surface area contributed by atoms with Crippen molar-refractivity contribution in [3.8, 4) is 16.9 Å². The Labute approximate surface area is 113 Å². The van der Waals surface area contributed by atoms with E-state index >= 15 is 0 Å². The fourth-order valence-corrected chi connectivity index (χ4v) is 1.89. The molecule has 0 unspecified atom stereocenters. The van der Waals surface area contributed by atoms with Crippen molar-refractivity contribution in [2.75, 3.05) is 13.1 Å². The summed E-state index contributed by atoms with van der Waals surface area (Å²) in [6.45, 7) is 1.92. The summed E-state index contributed by atoms with van der Waals surface area (Å²) in [6.07, 6.45) is 0.345. The van der Waals surface area contributed by atoms with E-state index in [1.807, 2.05) is 18.2 Å². The van der Waals surface area contributed by atoms with Crippen LogP contribution in [-0.2, 0) is 0 Å². The van der Waals surface area contributed by atoms with Crippen LogP contribution in [0.5, 0.6) is 5.75 Å². The summed E-state index contributed by atoms with van der Waals surface area (Å²) in [5.74, 6) is 0.955. The SMILES string of the molecule is Cl.c1ccc(-c2ccc(OC3CNC3)cc2)cc1. The maximum absolute atomic E-state index is 5.78.